The maximum atomic E-state index is 12.6. The molecule has 0 saturated heterocycles. The zero-order chi connectivity index (χ0) is 24.1. The first-order valence-corrected chi connectivity index (χ1v) is 11.3. The van der Waals surface area contributed by atoms with Gasteiger partial charge in [0.25, 0.3) is 5.91 Å². The molecule has 1 aromatic heterocycles. The molecule has 3 N–H and O–H groups in total. The number of hydrogen-bond donors (Lipinski definition) is 2. The maximum absolute atomic E-state index is 12.6. The highest BCUT2D eigenvalue weighted by atomic mass is 16.5. The molecular formula is C28H30N4O2. The number of benzene rings is 3. The quantitative estimate of drug-likeness (QED) is 0.398. The average Bonchev–Trinajstić information content (AvgIpc) is 3.28. The van der Waals surface area contributed by atoms with Crippen molar-refractivity contribution in [1.82, 2.24) is 14.9 Å². The van der Waals surface area contributed by atoms with E-state index >= 15 is 0 Å². The van der Waals surface area contributed by atoms with E-state index in [0.29, 0.717) is 18.7 Å². The Balaban J connectivity index is 1.45. The van der Waals surface area contributed by atoms with E-state index in [4.69, 9.17) is 15.5 Å². The lowest BCUT2D eigenvalue weighted by Crippen LogP contribution is -2.22. The molecule has 0 aliphatic carbocycles. The van der Waals surface area contributed by atoms with Crippen molar-refractivity contribution in [2.45, 2.75) is 33.0 Å². The second kappa shape index (κ2) is 10.4. The van der Waals surface area contributed by atoms with Gasteiger partial charge in [0.15, 0.2) is 0 Å². The van der Waals surface area contributed by atoms with Crippen LogP contribution in [0.3, 0.4) is 0 Å². The SMILES string of the molecule is COc1ccc(-c2cn(Cc3ccc(C(=O)NCc4ccc(C)cc4)cc3)c([C@H](C)N)n2)cc1. The van der Waals surface area contributed by atoms with Crippen molar-refractivity contribution < 1.29 is 9.53 Å². The fourth-order valence-corrected chi connectivity index (χ4v) is 3.77. The summed E-state index contributed by atoms with van der Waals surface area (Å²) >= 11 is 0. The van der Waals surface area contributed by atoms with E-state index in [1.165, 1.54) is 5.56 Å². The topological polar surface area (TPSA) is 82.2 Å². The molecule has 0 aliphatic rings. The van der Waals surface area contributed by atoms with Crippen LogP contribution in [0.5, 0.6) is 5.75 Å². The number of carbonyl (C=O) groups excluding carboxylic acids is 1. The number of nitrogens with two attached hydrogens (primary N) is 1. The van der Waals surface area contributed by atoms with Gasteiger partial charge in [0.05, 0.1) is 18.8 Å². The highest BCUT2D eigenvalue weighted by Gasteiger charge is 2.14. The van der Waals surface area contributed by atoms with Gasteiger partial charge < -0.3 is 20.4 Å². The maximum Gasteiger partial charge on any atom is 0.251 e. The van der Waals surface area contributed by atoms with Gasteiger partial charge in [-0.2, -0.15) is 0 Å². The number of nitrogens with one attached hydrogen (secondary N) is 1. The van der Waals surface area contributed by atoms with E-state index in [2.05, 4.69) is 9.88 Å². The van der Waals surface area contributed by atoms with Crippen molar-refractivity contribution in [3.05, 3.63) is 107 Å². The van der Waals surface area contributed by atoms with Gasteiger partial charge in [-0.3, -0.25) is 4.79 Å². The van der Waals surface area contributed by atoms with E-state index in [9.17, 15) is 4.79 Å². The van der Waals surface area contributed by atoms with Crippen molar-refractivity contribution in [2.24, 2.45) is 5.73 Å². The Kier molecular flexibility index (Phi) is 7.09. The number of hydrogen-bond acceptors (Lipinski definition) is 4. The fourth-order valence-electron chi connectivity index (χ4n) is 3.77. The van der Waals surface area contributed by atoms with Crippen LogP contribution >= 0.6 is 0 Å². The predicted octanol–water partition coefficient (Wildman–Crippen LogP) is 4.87. The fraction of sp³-hybridized carbons (Fsp3) is 0.214. The smallest absolute Gasteiger partial charge is 0.251 e. The van der Waals surface area contributed by atoms with Crippen molar-refractivity contribution in [3.63, 3.8) is 0 Å². The summed E-state index contributed by atoms with van der Waals surface area (Å²) in [4.78, 5) is 17.3. The van der Waals surface area contributed by atoms with Crippen LogP contribution in [-0.2, 0) is 13.1 Å². The highest BCUT2D eigenvalue weighted by Crippen LogP contribution is 2.24. The number of carbonyl (C=O) groups is 1. The largest absolute Gasteiger partial charge is 0.497 e. The van der Waals surface area contributed by atoms with Crippen LogP contribution in [-0.4, -0.2) is 22.6 Å². The molecule has 1 amide bonds. The minimum atomic E-state index is -0.209. The molecule has 0 radical (unpaired) electrons. The van der Waals surface area contributed by atoms with E-state index in [0.717, 1.165) is 34.0 Å². The van der Waals surface area contributed by atoms with E-state index in [1.54, 1.807) is 7.11 Å². The molecule has 174 valence electrons. The normalized spacial score (nSPS) is 11.8. The molecule has 4 rings (SSSR count). The number of nitrogens with zero attached hydrogens (tertiary/aromatic N) is 2. The lowest BCUT2D eigenvalue weighted by Gasteiger charge is -2.11. The number of aryl methyl sites for hydroxylation is 1. The van der Waals surface area contributed by atoms with Gasteiger partial charge in [0.2, 0.25) is 0 Å². The van der Waals surface area contributed by atoms with Crippen LogP contribution in [0.1, 0.15) is 45.8 Å². The Labute approximate surface area is 200 Å². The summed E-state index contributed by atoms with van der Waals surface area (Å²) in [5.41, 5.74) is 12.0. The van der Waals surface area contributed by atoms with Crippen LogP contribution in [0, 0.1) is 6.92 Å². The third kappa shape index (κ3) is 5.53. The minimum absolute atomic E-state index is 0.0900. The Bertz CT molecular complexity index is 1240. The first-order chi connectivity index (χ1) is 16.4. The number of ether oxygens (including phenoxy) is 1. The lowest BCUT2D eigenvalue weighted by molar-refractivity contribution is 0.0951. The second-order valence-corrected chi connectivity index (χ2v) is 8.49. The molecule has 6 heteroatoms. The Morgan fingerprint density at radius 1 is 1.00 bits per heavy atom. The first kappa shape index (κ1) is 23.3. The standard InChI is InChI=1S/C28H30N4O2/c1-19-4-6-21(7-5-19)16-30-28(33)24-10-8-22(9-11-24)17-32-18-26(31-27(32)20(2)29)23-12-14-25(34-3)15-13-23/h4-15,18,20H,16-17,29H2,1-3H3,(H,30,33)/t20-/m0/s1. The van der Waals surface area contributed by atoms with Gasteiger partial charge >= 0.3 is 0 Å². The van der Waals surface area contributed by atoms with E-state index in [-0.39, 0.29) is 11.9 Å². The van der Waals surface area contributed by atoms with Crippen LogP contribution < -0.4 is 15.8 Å². The summed E-state index contributed by atoms with van der Waals surface area (Å²) in [6, 6.07) is 23.4. The molecule has 0 unspecified atom stereocenters. The summed E-state index contributed by atoms with van der Waals surface area (Å²) in [6.07, 6.45) is 2.02. The third-order valence-corrected chi connectivity index (χ3v) is 5.74. The molecule has 3 aromatic carbocycles. The summed E-state index contributed by atoms with van der Waals surface area (Å²) < 4.78 is 7.31. The number of amides is 1. The summed E-state index contributed by atoms with van der Waals surface area (Å²) in [5, 5.41) is 2.98. The predicted molar refractivity (Wildman–Crippen MR) is 135 cm³/mol. The van der Waals surface area contributed by atoms with Crippen LogP contribution in [0.4, 0.5) is 0 Å². The molecule has 1 heterocycles. The monoisotopic (exact) mass is 454 g/mol. The van der Waals surface area contributed by atoms with Gasteiger partial charge in [0, 0.05) is 30.4 Å². The van der Waals surface area contributed by atoms with Gasteiger partial charge in [-0.1, -0.05) is 42.0 Å². The van der Waals surface area contributed by atoms with Crippen molar-refractivity contribution in [2.75, 3.05) is 7.11 Å². The Morgan fingerprint density at radius 2 is 1.65 bits per heavy atom. The van der Waals surface area contributed by atoms with Crippen LogP contribution in [0.15, 0.2) is 79.0 Å². The van der Waals surface area contributed by atoms with Crippen LogP contribution in [0.2, 0.25) is 0 Å². The van der Waals surface area contributed by atoms with E-state index < -0.39 is 0 Å². The van der Waals surface area contributed by atoms with Crippen molar-refractivity contribution in [1.29, 1.82) is 0 Å². The number of imidazole rings is 1. The number of aromatic nitrogens is 2. The first-order valence-electron chi connectivity index (χ1n) is 11.3. The van der Waals surface area contributed by atoms with E-state index in [1.807, 2.05) is 92.8 Å². The average molecular weight is 455 g/mol. The summed E-state index contributed by atoms with van der Waals surface area (Å²) in [6.45, 7) is 5.09. The third-order valence-electron chi connectivity index (χ3n) is 5.74. The summed E-state index contributed by atoms with van der Waals surface area (Å²) in [7, 11) is 1.65. The molecule has 4 aromatic rings. The highest BCUT2D eigenvalue weighted by molar-refractivity contribution is 5.94. The van der Waals surface area contributed by atoms with Gasteiger partial charge in [0.1, 0.15) is 11.6 Å². The molecule has 0 saturated carbocycles. The zero-order valence-corrected chi connectivity index (χ0v) is 19.8. The molecule has 0 spiro atoms. The van der Waals surface area contributed by atoms with Crippen LogP contribution in [0.25, 0.3) is 11.3 Å². The number of rotatable bonds is 8. The molecule has 0 bridgehead atoms. The molecule has 0 aliphatic heterocycles. The number of methoxy groups -OCH3 is 1. The molecule has 34 heavy (non-hydrogen) atoms. The van der Waals surface area contributed by atoms with Gasteiger partial charge in [-0.05, 0) is 61.4 Å². The Morgan fingerprint density at radius 3 is 2.26 bits per heavy atom. The zero-order valence-electron chi connectivity index (χ0n) is 19.8. The van der Waals surface area contributed by atoms with Crippen molar-refractivity contribution >= 4 is 5.91 Å². The molecule has 0 fully saturated rings. The minimum Gasteiger partial charge on any atom is -0.497 e. The molecule has 1 atom stereocenters. The molecule has 6 nitrogen and oxygen atoms in total. The summed E-state index contributed by atoms with van der Waals surface area (Å²) in [5.74, 6) is 1.53. The van der Waals surface area contributed by atoms with Crippen molar-refractivity contribution in [3.8, 4) is 17.0 Å². The Hall–Kier alpha value is -3.90. The van der Waals surface area contributed by atoms with Gasteiger partial charge in [-0.15, -0.1) is 0 Å². The molecular weight excluding hydrogens is 424 g/mol. The lowest BCUT2D eigenvalue weighted by atomic mass is 10.1. The van der Waals surface area contributed by atoms with Gasteiger partial charge in [-0.25, -0.2) is 4.98 Å². The second-order valence-electron chi connectivity index (χ2n) is 8.49.